The van der Waals surface area contributed by atoms with Crippen molar-refractivity contribution < 1.29 is 4.79 Å². The van der Waals surface area contributed by atoms with E-state index in [0.717, 1.165) is 37.8 Å². The highest BCUT2D eigenvalue weighted by atomic mass is 16.2. The summed E-state index contributed by atoms with van der Waals surface area (Å²) in [5.74, 6) is 0.245. The minimum Gasteiger partial charge on any atom is -0.342 e. The molecular weight excluding hydrogens is 224 g/mol. The van der Waals surface area contributed by atoms with Crippen LogP contribution in [-0.4, -0.2) is 36.7 Å². The SMILES string of the molecule is C=C(C)C1=CCC(N(C)C(=O)[C@H]2C=NCC2)CC1. The number of hydrogen-bond acceptors (Lipinski definition) is 2. The normalized spacial score (nSPS) is 26.9. The largest absolute Gasteiger partial charge is 0.342 e. The van der Waals surface area contributed by atoms with Crippen molar-refractivity contribution in [3.63, 3.8) is 0 Å². The third-order valence-electron chi connectivity index (χ3n) is 4.00. The molecule has 3 heteroatoms. The third-order valence-corrected chi connectivity index (χ3v) is 4.00. The summed E-state index contributed by atoms with van der Waals surface area (Å²) in [6, 6.07) is 0.342. The van der Waals surface area contributed by atoms with Crippen LogP contribution in [0.5, 0.6) is 0 Å². The van der Waals surface area contributed by atoms with Crippen molar-refractivity contribution in [2.24, 2.45) is 10.9 Å². The van der Waals surface area contributed by atoms with Crippen LogP contribution in [0.25, 0.3) is 0 Å². The van der Waals surface area contributed by atoms with Gasteiger partial charge in [0.25, 0.3) is 0 Å². The predicted molar refractivity (Wildman–Crippen MR) is 74.8 cm³/mol. The Balaban J connectivity index is 1.94. The third kappa shape index (κ3) is 2.71. The summed E-state index contributed by atoms with van der Waals surface area (Å²) in [4.78, 5) is 18.3. The van der Waals surface area contributed by atoms with Crippen molar-refractivity contribution in [3.05, 3.63) is 23.8 Å². The molecule has 0 saturated heterocycles. The minimum atomic E-state index is 0.0153. The molecule has 0 spiro atoms. The molecule has 0 aromatic heterocycles. The predicted octanol–water partition coefficient (Wildman–Crippen LogP) is 2.59. The van der Waals surface area contributed by atoms with Crippen LogP contribution < -0.4 is 0 Å². The molecule has 2 rings (SSSR count). The number of hydrogen-bond donors (Lipinski definition) is 0. The first-order valence-electron chi connectivity index (χ1n) is 6.71. The van der Waals surface area contributed by atoms with E-state index in [1.807, 2.05) is 18.2 Å². The van der Waals surface area contributed by atoms with Gasteiger partial charge in [0.1, 0.15) is 0 Å². The monoisotopic (exact) mass is 246 g/mol. The van der Waals surface area contributed by atoms with Gasteiger partial charge in [0.15, 0.2) is 0 Å². The average Bonchev–Trinajstić information content (AvgIpc) is 2.91. The summed E-state index contributed by atoms with van der Waals surface area (Å²) >= 11 is 0. The highest BCUT2D eigenvalue weighted by Gasteiger charge is 2.28. The summed E-state index contributed by atoms with van der Waals surface area (Å²) < 4.78 is 0. The van der Waals surface area contributed by atoms with Gasteiger partial charge in [0, 0.05) is 25.8 Å². The maximum Gasteiger partial charge on any atom is 0.231 e. The van der Waals surface area contributed by atoms with E-state index in [2.05, 4.69) is 24.6 Å². The summed E-state index contributed by atoms with van der Waals surface area (Å²) in [7, 11) is 1.93. The lowest BCUT2D eigenvalue weighted by Gasteiger charge is -2.32. The molecule has 1 aliphatic heterocycles. The zero-order chi connectivity index (χ0) is 13.1. The van der Waals surface area contributed by atoms with Crippen molar-refractivity contribution in [1.29, 1.82) is 0 Å². The van der Waals surface area contributed by atoms with Crippen LogP contribution in [0.15, 0.2) is 28.8 Å². The molecule has 2 atom stereocenters. The van der Waals surface area contributed by atoms with Crippen LogP contribution in [0.2, 0.25) is 0 Å². The fraction of sp³-hybridized carbons (Fsp3) is 0.600. The van der Waals surface area contributed by atoms with E-state index in [9.17, 15) is 4.79 Å². The van der Waals surface area contributed by atoms with E-state index in [1.165, 1.54) is 5.57 Å². The molecule has 98 valence electrons. The molecule has 1 amide bonds. The van der Waals surface area contributed by atoms with Gasteiger partial charge in [-0.15, -0.1) is 0 Å². The van der Waals surface area contributed by atoms with E-state index in [4.69, 9.17) is 0 Å². The van der Waals surface area contributed by atoms with E-state index >= 15 is 0 Å². The van der Waals surface area contributed by atoms with Crippen LogP contribution in [0.4, 0.5) is 0 Å². The molecule has 0 N–H and O–H groups in total. The Kier molecular flexibility index (Phi) is 4.00. The Morgan fingerprint density at radius 1 is 1.50 bits per heavy atom. The van der Waals surface area contributed by atoms with Crippen LogP contribution in [0.3, 0.4) is 0 Å². The van der Waals surface area contributed by atoms with Crippen molar-refractivity contribution >= 4 is 12.1 Å². The van der Waals surface area contributed by atoms with Crippen LogP contribution >= 0.6 is 0 Å². The highest BCUT2D eigenvalue weighted by Crippen LogP contribution is 2.26. The summed E-state index contributed by atoms with van der Waals surface area (Å²) in [5.41, 5.74) is 2.51. The Hall–Kier alpha value is -1.38. The Morgan fingerprint density at radius 2 is 2.28 bits per heavy atom. The molecule has 0 fully saturated rings. The number of nitrogens with zero attached hydrogens (tertiary/aromatic N) is 2. The van der Waals surface area contributed by atoms with Crippen LogP contribution in [0.1, 0.15) is 32.6 Å². The highest BCUT2D eigenvalue weighted by molar-refractivity contribution is 5.94. The van der Waals surface area contributed by atoms with Gasteiger partial charge < -0.3 is 4.90 Å². The quantitative estimate of drug-likeness (QED) is 0.753. The Bertz CT molecular complexity index is 409. The smallest absolute Gasteiger partial charge is 0.231 e. The molecule has 0 aromatic rings. The van der Waals surface area contributed by atoms with Gasteiger partial charge in [-0.1, -0.05) is 18.2 Å². The molecule has 2 aliphatic rings. The van der Waals surface area contributed by atoms with E-state index in [-0.39, 0.29) is 11.8 Å². The number of rotatable bonds is 3. The lowest BCUT2D eigenvalue weighted by molar-refractivity contribution is -0.134. The van der Waals surface area contributed by atoms with Crippen molar-refractivity contribution in [2.45, 2.75) is 38.6 Å². The van der Waals surface area contributed by atoms with Gasteiger partial charge in [-0.3, -0.25) is 9.79 Å². The maximum absolute atomic E-state index is 12.3. The first-order valence-corrected chi connectivity index (χ1v) is 6.71. The van der Waals surface area contributed by atoms with Crippen LogP contribution in [0, 0.1) is 5.92 Å². The number of carbonyl (C=O) groups excluding carboxylic acids is 1. The molecule has 18 heavy (non-hydrogen) atoms. The lowest BCUT2D eigenvalue weighted by Crippen LogP contribution is -2.41. The molecule has 0 aromatic carbocycles. The Labute approximate surface area is 109 Å². The fourth-order valence-corrected chi connectivity index (χ4v) is 2.68. The zero-order valence-corrected chi connectivity index (χ0v) is 11.4. The molecule has 1 heterocycles. The average molecular weight is 246 g/mol. The van der Waals surface area contributed by atoms with Crippen molar-refractivity contribution in [3.8, 4) is 0 Å². The lowest BCUT2D eigenvalue weighted by atomic mass is 9.90. The second-order valence-electron chi connectivity index (χ2n) is 5.34. The standard InChI is InChI=1S/C15H22N2O/c1-11(2)12-4-6-14(7-5-12)17(3)15(18)13-8-9-16-10-13/h4,10,13-14H,1,5-9H2,2-3H3/t13-,14?/m1/s1. The summed E-state index contributed by atoms with van der Waals surface area (Å²) in [6.45, 7) is 6.83. The first-order chi connectivity index (χ1) is 8.59. The number of aliphatic imine (C=N–C) groups is 1. The number of allylic oxidation sites excluding steroid dienone is 2. The van der Waals surface area contributed by atoms with E-state index in [1.54, 1.807) is 0 Å². The molecule has 3 nitrogen and oxygen atoms in total. The van der Waals surface area contributed by atoms with Gasteiger partial charge in [0.05, 0.1) is 5.92 Å². The summed E-state index contributed by atoms with van der Waals surface area (Å²) in [5, 5.41) is 0. The molecule has 0 bridgehead atoms. The van der Waals surface area contributed by atoms with Gasteiger partial charge in [-0.25, -0.2) is 0 Å². The molecular formula is C15H22N2O. The van der Waals surface area contributed by atoms with Crippen molar-refractivity contribution in [1.82, 2.24) is 4.90 Å². The van der Waals surface area contributed by atoms with Gasteiger partial charge in [-0.2, -0.15) is 0 Å². The maximum atomic E-state index is 12.3. The number of amides is 1. The Morgan fingerprint density at radius 3 is 2.78 bits per heavy atom. The first kappa shape index (κ1) is 13.1. The van der Waals surface area contributed by atoms with Crippen molar-refractivity contribution in [2.75, 3.05) is 13.6 Å². The number of carbonyl (C=O) groups is 1. The molecule has 0 saturated carbocycles. The molecule has 0 radical (unpaired) electrons. The topological polar surface area (TPSA) is 32.7 Å². The van der Waals surface area contributed by atoms with Gasteiger partial charge in [-0.05, 0) is 38.2 Å². The van der Waals surface area contributed by atoms with E-state index in [0.29, 0.717) is 6.04 Å². The second-order valence-corrected chi connectivity index (χ2v) is 5.34. The van der Waals surface area contributed by atoms with Gasteiger partial charge in [0.2, 0.25) is 5.91 Å². The molecule has 1 unspecified atom stereocenters. The van der Waals surface area contributed by atoms with Crippen LogP contribution in [-0.2, 0) is 4.79 Å². The fourth-order valence-electron chi connectivity index (χ4n) is 2.68. The minimum absolute atomic E-state index is 0.0153. The van der Waals surface area contributed by atoms with Gasteiger partial charge >= 0.3 is 0 Å². The zero-order valence-electron chi connectivity index (χ0n) is 11.4. The molecule has 1 aliphatic carbocycles. The van der Waals surface area contributed by atoms with E-state index < -0.39 is 0 Å². The summed E-state index contributed by atoms with van der Waals surface area (Å²) in [6.07, 6.45) is 7.97. The second kappa shape index (κ2) is 5.51.